The van der Waals surface area contributed by atoms with Crippen molar-refractivity contribution in [2.45, 2.75) is 229 Å². The van der Waals surface area contributed by atoms with Crippen LogP contribution in [0.2, 0.25) is 182 Å². The van der Waals surface area contributed by atoms with E-state index in [1.165, 1.54) is 24.3 Å². The summed E-state index contributed by atoms with van der Waals surface area (Å²) >= 11 is 0. The molecular formula is C71H118N2O21Si13. The van der Waals surface area contributed by atoms with Crippen LogP contribution in [-0.2, 0) is 54.1 Å². The minimum atomic E-state index is -2.89. The second-order valence-electron chi connectivity index (χ2n) is 33.7. The van der Waals surface area contributed by atoms with Crippen LogP contribution in [0.25, 0.3) is 0 Å². The number of aryl methyl sites for hydroxylation is 2. The molecule has 2 heterocycles. The second kappa shape index (κ2) is 34.1. The molecule has 0 fully saturated rings. The van der Waals surface area contributed by atoms with Gasteiger partial charge < -0.3 is 68.3 Å². The fourth-order valence-corrected chi connectivity index (χ4v) is 81.7. The third-order valence-corrected chi connectivity index (χ3v) is 67.1. The van der Waals surface area contributed by atoms with Crippen LogP contribution in [0.15, 0.2) is 97.1 Å². The summed E-state index contributed by atoms with van der Waals surface area (Å²) < 4.78 is 108. The number of hydrogen-bond acceptors (Lipinski definition) is 21. The Morgan fingerprint density at radius 1 is 0.355 bits per heavy atom. The molecule has 2 aliphatic rings. The van der Waals surface area contributed by atoms with E-state index in [4.69, 9.17) is 68.3 Å². The van der Waals surface area contributed by atoms with Crippen LogP contribution in [-0.4, -0.2) is 147 Å². The Hall–Kier alpha value is -4.41. The molecule has 0 spiro atoms. The van der Waals surface area contributed by atoms with Crippen molar-refractivity contribution < 1.29 is 92.3 Å². The van der Waals surface area contributed by atoms with Crippen molar-refractivity contribution in [1.29, 1.82) is 0 Å². The molecule has 0 aliphatic carbocycles. The number of carbonyl (C=O) groups is 5. The number of fused-ring (bicyclic) bond motifs is 2. The number of unbranched alkanes of at least 4 members (excludes halogenated alkanes) is 2. The van der Waals surface area contributed by atoms with E-state index in [9.17, 15) is 24.0 Å². The minimum Gasteiger partial charge on any atom is -0.462 e. The molecule has 2 aliphatic heterocycles. The van der Waals surface area contributed by atoms with Gasteiger partial charge in [-0.2, -0.15) is 0 Å². The molecule has 36 heteroatoms. The van der Waals surface area contributed by atoms with Crippen molar-refractivity contribution in [3.8, 4) is 34.5 Å². The number of nitrogens with one attached hydrogen (secondary N) is 1. The molecule has 5 aromatic carbocycles. The van der Waals surface area contributed by atoms with Crippen LogP contribution < -0.4 is 24.4 Å². The average molecular weight is 1700 g/mol. The summed E-state index contributed by atoms with van der Waals surface area (Å²) in [6.07, 6.45) is 3.65. The normalized spacial score (nSPS) is 14.7. The predicted molar refractivity (Wildman–Crippen MR) is 449 cm³/mol. The van der Waals surface area contributed by atoms with Gasteiger partial charge in [-0.15, -0.1) is 0 Å². The first-order valence-electron chi connectivity index (χ1n) is 36.7. The van der Waals surface area contributed by atoms with Gasteiger partial charge in [0, 0.05) is 6.07 Å². The highest BCUT2D eigenvalue weighted by Gasteiger charge is 2.53. The van der Waals surface area contributed by atoms with Gasteiger partial charge in [-0.05, 0) is 293 Å². The van der Waals surface area contributed by atoms with E-state index in [2.05, 4.69) is 117 Å². The molecule has 0 bridgehead atoms. The van der Waals surface area contributed by atoms with Crippen LogP contribution in [0.1, 0.15) is 95.5 Å². The van der Waals surface area contributed by atoms with E-state index < -0.39 is 140 Å². The summed E-state index contributed by atoms with van der Waals surface area (Å²) in [4.78, 5) is 67.2. The molecule has 5 aromatic rings. The van der Waals surface area contributed by atoms with Gasteiger partial charge in [0.15, 0.2) is 16.6 Å². The molecule has 4 amide bonds. The molecule has 590 valence electrons. The Balaban J connectivity index is 0.885. The van der Waals surface area contributed by atoms with E-state index in [1.807, 2.05) is 96.7 Å². The lowest BCUT2D eigenvalue weighted by atomic mass is 10.1. The minimum absolute atomic E-state index is 0.132. The molecule has 23 nitrogen and oxygen atoms in total. The summed E-state index contributed by atoms with van der Waals surface area (Å²) in [6.45, 7) is 60.5. The van der Waals surface area contributed by atoms with E-state index in [0.717, 1.165) is 41.8 Å². The number of benzene rings is 5. The Kier molecular flexibility index (Phi) is 28.6. The first-order chi connectivity index (χ1) is 48.8. The zero-order valence-electron chi connectivity index (χ0n) is 68.7. The fourth-order valence-electron chi connectivity index (χ4n) is 14.6. The number of nitrogens with zero attached hydrogens (tertiary/aromatic N) is 1. The third-order valence-electron chi connectivity index (χ3n) is 16.3. The van der Waals surface area contributed by atoms with Gasteiger partial charge in [0.05, 0.1) is 40.1 Å². The number of imide groups is 2. The van der Waals surface area contributed by atoms with Crippen LogP contribution in [0.5, 0.6) is 34.5 Å². The van der Waals surface area contributed by atoms with Gasteiger partial charge in [0.2, 0.25) is 0 Å². The van der Waals surface area contributed by atoms with Gasteiger partial charge in [0.1, 0.15) is 34.5 Å². The molecule has 0 radical (unpaired) electrons. The summed E-state index contributed by atoms with van der Waals surface area (Å²) in [5.74, 6) is -0.590. The number of esters is 1. The highest BCUT2D eigenvalue weighted by Crippen LogP contribution is 2.40. The van der Waals surface area contributed by atoms with Crippen LogP contribution in [0.4, 0.5) is 5.69 Å². The highest BCUT2D eigenvalue weighted by atomic mass is 28.5. The van der Waals surface area contributed by atoms with Crippen molar-refractivity contribution in [2.75, 3.05) is 11.5 Å². The summed E-state index contributed by atoms with van der Waals surface area (Å²) in [5.41, 5.74) is 2.82. The largest absolute Gasteiger partial charge is 0.462 e. The zero-order valence-corrected chi connectivity index (χ0v) is 81.7. The lowest BCUT2D eigenvalue weighted by molar-refractivity contribution is 0.0498. The Bertz CT molecular complexity index is 4070. The van der Waals surface area contributed by atoms with Crippen molar-refractivity contribution >= 4 is 146 Å². The smallest absolute Gasteiger partial charge is 0.338 e. The number of rotatable bonds is 40. The van der Waals surface area contributed by atoms with Crippen LogP contribution >= 0.6 is 0 Å². The van der Waals surface area contributed by atoms with Gasteiger partial charge >= 0.3 is 100 Å². The second-order valence-corrected chi connectivity index (χ2v) is 82.4. The van der Waals surface area contributed by atoms with Crippen LogP contribution in [0.3, 0.4) is 0 Å². The van der Waals surface area contributed by atoms with Crippen molar-refractivity contribution in [1.82, 2.24) is 5.32 Å². The molecule has 0 saturated heterocycles. The first kappa shape index (κ1) is 89.8. The number of carbonyl (C=O) groups excluding carboxylic acids is 5. The molecule has 0 saturated carbocycles. The van der Waals surface area contributed by atoms with E-state index in [-0.39, 0.29) is 51.7 Å². The van der Waals surface area contributed by atoms with E-state index >= 15 is 0 Å². The third kappa shape index (κ3) is 27.7. The number of ether oxygens (including phenoxy) is 4. The number of amides is 4. The van der Waals surface area contributed by atoms with E-state index in [1.54, 1.807) is 55.5 Å². The van der Waals surface area contributed by atoms with Crippen molar-refractivity contribution in [3.05, 3.63) is 136 Å². The number of hydrogen-bond donors (Lipinski definition) is 1. The maximum atomic E-state index is 14.0. The zero-order chi connectivity index (χ0) is 80.3. The van der Waals surface area contributed by atoms with Gasteiger partial charge in [0.25, 0.3) is 23.6 Å². The average Bonchev–Trinajstić information content (AvgIpc) is 1.62. The lowest BCUT2D eigenvalue weighted by Crippen LogP contribution is -2.63. The number of anilines is 1. The summed E-state index contributed by atoms with van der Waals surface area (Å²) in [6, 6.07) is 28.3. The van der Waals surface area contributed by atoms with Gasteiger partial charge in [-0.25, -0.2) is 9.69 Å². The molecule has 107 heavy (non-hydrogen) atoms. The Labute approximate surface area is 649 Å². The van der Waals surface area contributed by atoms with Gasteiger partial charge in [-0.3, -0.25) is 24.5 Å². The van der Waals surface area contributed by atoms with Crippen LogP contribution in [0, 0.1) is 13.8 Å². The SMILES string of the molecule is CCCC[Si](C)(C)O[Si](C)(C)O[Si](C)(C)O[Si](C)(C)O[Si](C)(C)O[Si](C)(C)O[Si](C)(C)O[Si](C)(C)O[Si](C)(C)O[Si](C)(C)O[Si](C)(C)O[Si](C)(C)O[Si](C)(C)CCCCOC(=O)c1cc(Oc2cccc(C)c2)cc(Oc2ccc(N3C(=O)c4ccc(Oc5ccc6c(c5)C(=O)NC6=O)cc4C3=O)c(C)c2)c1. The fraction of sp³-hybridized carbons (Fsp3) is 0.507. The monoisotopic (exact) mass is 1700 g/mol. The van der Waals surface area contributed by atoms with Gasteiger partial charge in [-0.1, -0.05) is 38.3 Å². The maximum absolute atomic E-state index is 14.0. The highest BCUT2D eigenvalue weighted by molar-refractivity contribution is 6.94. The molecule has 7 rings (SSSR count). The van der Waals surface area contributed by atoms with Crippen molar-refractivity contribution in [2.24, 2.45) is 0 Å². The quantitative estimate of drug-likeness (QED) is 0.0166. The molecule has 0 atom stereocenters. The molecule has 0 unspecified atom stereocenters. The summed E-state index contributed by atoms with van der Waals surface area (Å²) in [7, 11) is -34.9. The maximum Gasteiger partial charge on any atom is 0.338 e. The molecular weight excluding hydrogens is 1580 g/mol. The first-order valence-corrected chi connectivity index (χ1v) is 74.0. The van der Waals surface area contributed by atoms with E-state index in [0.29, 0.717) is 34.9 Å². The standard InChI is InChI=1S/C71H118N2O21Si13/c1-30-31-44-95(4,5)83-97(8,9)85-99(12,13)87-101(16,17)89-103(20,21)91-105(24,25)93-107(28,29)94-106(26,27)92-104(22,23)90-102(18,19)88-100(14,15)86-98(10,11)84-96(6,7)45-33-32-43-79-71(78)55-48-60(81-56-36-34-35-53(2)46-56)50-61(49-55)82-57-39-42-66(54(3)47-57)73-69(76)63-41-38-59(52-65(63)70(73)77)80-58-37-40-62-64(51-58)68(75)72-67(62)74/h34-42,46-52H,30-33,43-45H2,1-29H3,(H,72,74,75). The predicted octanol–water partition coefficient (Wildman–Crippen LogP) is 19.4. The summed E-state index contributed by atoms with van der Waals surface area (Å²) in [5, 5.41) is 2.25. The molecule has 1 N–H and O–H groups in total. The lowest BCUT2D eigenvalue weighted by Gasteiger charge is -2.45. The Morgan fingerprint density at radius 3 is 1.13 bits per heavy atom. The topological polar surface area (TPSA) is 248 Å². The Morgan fingerprint density at radius 2 is 0.710 bits per heavy atom. The van der Waals surface area contributed by atoms with Crippen molar-refractivity contribution in [3.63, 3.8) is 0 Å². The molecule has 0 aromatic heterocycles.